The summed E-state index contributed by atoms with van der Waals surface area (Å²) in [4.78, 5) is 11.1. The molecule has 0 saturated carbocycles. The van der Waals surface area contributed by atoms with Crippen molar-refractivity contribution in [3.63, 3.8) is 0 Å². The van der Waals surface area contributed by atoms with Crippen LogP contribution in [0.2, 0.25) is 0 Å². The summed E-state index contributed by atoms with van der Waals surface area (Å²) < 4.78 is 17.6. The number of amides is 1. The molecule has 1 rings (SSSR count). The maximum absolute atomic E-state index is 12.5. The molecule has 0 saturated heterocycles. The molecule has 16 heavy (non-hydrogen) atoms. The number of ether oxygens (including phenoxy) is 1. The Balaban J connectivity index is 2.31. The minimum Gasteiger partial charge on any atom is -0.484 e. The third-order valence-corrected chi connectivity index (χ3v) is 1.61. The fraction of sp³-hybridized carbons (Fsp3) is 0.111. The summed E-state index contributed by atoms with van der Waals surface area (Å²) >= 11 is 4.48. The van der Waals surface area contributed by atoms with Crippen molar-refractivity contribution in [1.29, 1.82) is 0 Å². The number of nitrogens with two attached hydrogens (primary N) is 1. The van der Waals surface area contributed by atoms with Gasteiger partial charge in [-0.3, -0.25) is 15.6 Å². The molecular weight excluding hydrogens is 233 g/mol. The van der Waals surface area contributed by atoms with Crippen LogP contribution in [-0.2, 0) is 4.79 Å². The highest BCUT2D eigenvalue weighted by molar-refractivity contribution is 7.80. The molecule has 7 heteroatoms. The first-order valence-corrected chi connectivity index (χ1v) is 4.71. The zero-order valence-electron chi connectivity index (χ0n) is 8.20. The van der Waals surface area contributed by atoms with Crippen molar-refractivity contribution in [3.8, 4) is 5.75 Å². The molecule has 0 aliphatic carbocycles. The van der Waals surface area contributed by atoms with Gasteiger partial charge in [-0.25, -0.2) is 4.39 Å². The first-order valence-electron chi connectivity index (χ1n) is 4.30. The van der Waals surface area contributed by atoms with Crippen LogP contribution in [0.5, 0.6) is 5.75 Å². The van der Waals surface area contributed by atoms with E-state index in [0.29, 0.717) is 5.75 Å². The molecule has 0 fully saturated rings. The van der Waals surface area contributed by atoms with Crippen LogP contribution in [0, 0.1) is 5.82 Å². The molecule has 0 radical (unpaired) electrons. The summed E-state index contributed by atoms with van der Waals surface area (Å²) in [6.07, 6.45) is 0. The van der Waals surface area contributed by atoms with E-state index in [1.165, 1.54) is 24.3 Å². The second-order valence-corrected chi connectivity index (χ2v) is 3.22. The van der Waals surface area contributed by atoms with Gasteiger partial charge >= 0.3 is 0 Å². The Hall–Kier alpha value is -1.89. The van der Waals surface area contributed by atoms with E-state index in [1.54, 1.807) is 0 Å². The molecule has 0 aliphatic heterocycles. The van der Waals surface area contributed by atoms with Crippen LogP contribution in [0.3, 0.4) is 0 Å². The lowest BCUT2D eigenvalue weighted by Gasteiger charge is -2.07. The van der Waals surface area contributed by atoms with E-state index >= 15 is 0 Å². The molecule has 86 valence electrons. The second kappa shape index (κ2) is 5.86. The highest BCUT2D eigenvalue weighted by Crippen LogP contribution is 2.10. The van der Waals surface area contributed by atoms with E-state index in [9.17, 15) is 9.18 Å². The number of hydrazine groups is 1. The van der Waals surface area contributed by atoms with Crippen LogP contribution in [0.4, 0.5) is 4.39 Å². The van der Waals surface area contributed by atoms with Crippen LogP contribution in [0.1, 0.15) is 0 Å². The fourth-order valence-corrected chi connectivity index (χ4v) is 0.898. The highest BCUT2D eigenvalue weighted by atomic mass is 32.1. The van der Waals surface area contributed by atoms with Gasteiger partial charge in [-0.05, 0) is 36.5 Å². The number of halogens is 1. The standard InChI is InChI=1S/C9H10FN3O2S/c10-6-1-3-7(4-2-6)15-5-8(14)12-13-9(11)16/h1-4H,5H2,(H,12,14)(H3,11,13,16). The second-order valence-electron chi connectivity index (χ2n) is 2.78. The molecule has 0 aliphatic rings. The smallest absolute Gasteiger partial charge is 0.276 e. The molecule has 4 N–H and O–H groups in total. The first kappa shape index (κ1) is 12.2. The lowest BCUT2D eigenvalue weighted by Crippen LogP contribution is -2.46. The normalized spacial score (nSPS) is 9.31. The maximum atomic E-state index is 12.5. The SMILES string of the molecule is NC(=S)NNC(=O)COc1ccc(F)cc1. The summed E-state index contributed by atoms with van der Waals surface area (Å²) in [6, 6.07) is 5.31. The van der Waals surface area contributed by atoms with Gasteiger partial charge in [-0.1, -0.05) is 0 Å². The van der Waals surface area contributed by atoms with Gasteiger partial charge in [-0.15, -0.1) is 0 Å². The third-order valence-electron chi connectivity index (χ3n) is 1.51. The molecule has 0 unspecified atom stereocenters. The Morgan fingerprint density at radius 3 is 2.56 bits per heavy atom. The molecule has 5 nitrogen and oxygen atoms in total. The summed E-state index contributed by atoms with van der Waals surface area (Å²) in [6.45, 7) is -0.221. The van der Waals surface area contributed by atoms with Gasteiger partial charge in [0.05, 0.1) is 0 Å². The monoisotopic (exact) mass is 243 g/mol. The number of nitrogens with one attached hydrogen (secondary N) is 2. The summed E-state index contributed by atoms with van der Waals surface area (Å²) in [5.74, 6) is -0.420. The molecule has 0 atom stereocenters. The number of hydrogen-bond acceptors (Lipinski definition) is 3. The number of benzene rings is 1. The Kier molecular flexibility index (Phi) is 4.46. The van der Waals surface area contributed by atoms with Gasteiger partial charge in [-0.2, -0.15) is 0 Å². The fourth-order valence-electron chi connectivity index (χ4n) is 0.847. The van der Waals surface area contributed by atoms with Gasteiger partial charge in [0.15, 0.2) is 11.7 Å². The predicted molar refractivity (Wildman–Crippen MR) is 60.0 cm³/mol. The Morgan fingerprint density at radius 2 is 2.00 bits per heavy atom. The van der Waals surface area contributed by atoms with Crippen molar-refractivity contribution in [2.75, 3.05) is 6.61 Å². The van der Waals surface area contributed by atoms with Crippen molar-refractivity contribution in [3.05, 3.63) is 30.1 Å². The lowest BCUT2D eigenvalue weighted by atomic mass is 10.3. The van der Waals surface area contributed by atoms with E-state index in [-0.39, 0.29) is 17.5 Å². The average Bonchev–Trinajstić information content (AvgIpc) is 2.25. The van der Waals surface area contributed by atoms with Crippen LogP contribution in [-0.4, -0.2) is 17.6 Å². The lowest BCUT2D eigenvalue weighted by molar-refractivity contribution is -0.123. The van der Waals surface area contributed by atoms with E-state index < -0.39 is 5.91 Å². The zero-order valence-corrected chi connectivity index (χ0v) is 9.01. The summed E-state index contributed by atoms with van der Waals surface area (Å²) in [7, 11) is 0. The Bertz CT molecular complexity index is 383. The van der Waals surface area contributed by atoms with Crippen molar-refractivity contribution in [1.82, 2.24) is 10.9 Å². The summed E-state index contributed by atoms with van der Waals surface area (Å²) in [5, 5.41) is -0.0462. The van der Waals surface area contributed by atoms with Crippen molar-refractivity contribution in [2.24, 2.45) is 5.73 Å². The van der Waals surface area contributed by atoms with Gasteiger partial charge in [0.1, 0.15) is 11.6 Å². The molecule has 1 aromatic rings. The average molecular weight is 243 g/mol. The number of thiocarbonyl (C=S) groups is 1. The Labute approximate surface area is 96.7 Å². The minimum atomic E-state index is -0.447. The van der Waals surface area contributed by atoms with Gasteiger partial charge in [0.25, 0.3) is 5.91 Å². The highest BCUT2D eigenvalue weighted by Gasteiger charge is 2.02. The van der Waals surface area contributed by atoms with E-state index in [0.717, 1.165) is 0 Å². The van der Waals surface area contributed by atoms with E-state index in [1.807, 2.05) is 0 Å². The molecule has 1 amide bonds. The number of rotatable bonds is 3. The van der Waals surface area contributed by atoms with Crippen LogP contribution in [0.25, 0.3) is 0 Å². The predicted octanol–water partition coefficient (Wildman–Crippen LogP) is 0.0689. The minimum absolute atomic E-state index is 0.0462. The zero-order chi connectivity index (χ0) is 12.0. The molecule has 0 aromatic heterocycles. The van der Waals surface area contributed by atoms with E-state index in [4.69, 9.17) is 10.5 Å². The third kappa shape index (κ3) is 4.56. The van der Waals surface area contributed by atoms with Gasteiger partial charge in [0.2, 0.25) is 0 Å². The molecule has 0 bridgehead atoms. The van der Waals surface area contributed by atoms with Crippen molar-refractivity contribution in [2.45, 2.75) is 0 Å². The molecule has 1 aromatic carbocycles. The molecule has 0 heterocycles. The van der Waals surface area contributed by atoms with Crippen molar-refractivity contribution < 1.29 is 13.9 Å². The first-order chi connectivity index (χ1) is 7.58. The van der Waals surface area contributed by atoms with Crippen molar-refractivity contribution >= 4 is 23.2 Å². The van der Waals surface area contributed by atoms with Crippen LogP contribution in [0.15, 0.2) is 24.3 Å². The number of hydrogen-bond donors (Lipinski definition) is 3. The topological polar surface area (TPSA) is 76.4 Å². The quantitative estimate of drug-likeness (QED) is 0.517. The molecular formula is C9H10FN3O2S. The number of carbonyl (C=O) groups excluding carboxylic acids is 1. The van der Waals surface area contributed by atoms with Gasteiger partial charge < -0.3 is 10.5 Å². The largest absolute Gasteiger partial charge is 0.484 e. The summed E-state index contributed by atoms with van der Waals surface area (Å²) in [5.41, 5.74) is 9.56. The van der Waals surface area contributed by atoms with Crippen LogP contribution < -0.4 is 21.3 Å². The van der Waals surface area contributed by atoms with Gasteiger partial charge in [0, 0.05) is 0 Å². The van der Waals surface area contributed by atoms with Crippen LogP contribution >= 0.6 is 12.2 Å². The number of carbonyl (C=O) groups is 1. The Morgan fingerprint density at radius 1 is 1.38 bits per heavy atom. The maximum Gasteiger partial charge on any atom is 0.276 e. The van der Waals surface area contributed by atoms with E-state index in [2.05, 4.69) is 23.1 Å². The molecule has 0 spiro atoms.